The molecule has 0 aromatic heterocycles. The number of rotatable bonds is 0. The van der Waals surface area contributed by atoms with E-state index >= 15 is 0 Å². The lowest BCUT2D eigenvalue weighted by Crippen LogP contribution is -2.02. The number of hydrogen-bond acceptors (Lipinski definition) is 0. The highest BCUT2D eigenvalue weighted by molar-refractivity contribution is 5.08. The Morgan fingerprint density at radius 3 is 1.95 bits per heavy atom. The van der Waals surface area contributed by atoms with E-state index in [0.29, 0.717) is 12.3 Å². The summed E-state index contributed by atoms with van der Waals surface area (Å²) in [4.78, 5) is 0. The van der Waals surface area contributed by atoms with Crippen LogP contribution in [0, 0.1) is 11.8 Å². The first-order valence-corrected chi connectivity index (χ1v) is 7.98. The Hall–Kier alpha value is -0.590. The number of halogens is 1. The highest BCUT2D eigenvalue weighted by Crippen LogP contribution is 2.29. The van der Waals surface area contributed by atoms with Gasteiger partial charge < -0.3 is 0 Å². The Bertz CT molecular complexity index is 299. The minimum atomic E-state index is 0.133. The molecular formula is C18H33F. The van der Waals surface area contributed by atoms with Crippen molar-refractivity contribution in [1.82, 2.24) is 0 Å². The van der Waals surface area contributed by atoms with Gasteiger partial charge in [0, 0.05) is 6.42 Å². The van der Waals surface area contributed by atoms with Crippen LogP contribution < -0.4 is 0 Å². The van der Waals surface area contributed by atoms with E-state index in [9.17, 15) is 4.39 Å². The van der Waals surface area contributed by atoms with Gasteiger partial charge in [0.15, 0.2) is 0 Å². The van der Waals surface area contributed by atoms with Crippen molar-refractivity contribution in [2.75, 3.05) is 0 Å². The summed E-state index contributed by atoms with van der Waals surface area (Å²) in [5.74, 6) is 1.64. The van der Waals surface area contributed by atoms with Crippen LogP contribution in [0.5, 0.6) is 0 Å². The Kier molecular flexibility index (Phi) is 9.91. The van der Waals surface area contributed by atoms with Gasteiger partial charge in [0.1, 0.15) is 0 Å². The fourth-order valence-electron chi connectivity index (χ4n) is 2.28. The first-order valence-electron chi connectivity index (χ1n) is 7.98. The molecule has 0 saturated carbocycles. The fraction of sp³-hybridized carbons (Fsp3) is 0.778. The molecule has 2 aliphatic rings. The predicted molar refractivity (Wildman–Crippen MR) is 84.9 cm³/mol. The average Bonchev–Trinajstić information content (AvgIpc) is 2.41. The van der Waals surface area contributed by atoms with Crippen molar-refractivity contribution in [2.24, 2.45) is 11.8 Å². The third-order valence-corrected chi connectivity index (χ3v) is 3.90. The van der Waals surface area contributed by atoms with Crippen molar-refractivity contribution < 1.29 is 4.39 Å². The topological polar surface area (TPSA) is 0 Å². The molecule has 0 aliphatic heterocycles. The zero-order chi connectivity index (χ0) is 14.8. The van der Waals surface area contributed by atoms with Crippen LogP contribution in [-0.4, -0.2) is 0 Å². The summed E-state index contributed by atoms with van der Waals surface area (Å²) in [7, 11) is 0. The second-order valence-electron chi connectivity index (χ2n) is 5.96. The SMILES string of the molecule is CC.CC1=C(F)CC(C)CC1.CC1=CCC(C)CC1. The predicted octanol–water partition coefficient (Wildman–Crippen LogP) is 6.83. The Balaban J connectivity index is 0.000000303. The molecule has 0 aromatic carbocycles. The summed E-state index contributed by atoms with van der Waals surface area (Å²) in [6, 6.07) is 0. The molecule has 2 aliphatic carbocycles. The van der Waals surface area contributed by atoms with Crippen molar-refractivity contribution in [3.63, 3.8) is 0 Å². The molecule has 19 heavy (non-hydrogen) atoms. The van der Waals surface area contributed by atoms with E-state index in [-0.39, 0.29) is 5.83 Å². The molecule has 0 bridgehead atoms. The highest BCUT2D eigenvalue weighted by Gasteiger charge is 2.14. The fourth-order valence-corrected chi connectivity index (χ4v) is 2.28. The normalized spacial score (nSPS) is 26.6. The molecule has 0 spiro atoms. The summed E-state index contributed by atoms with van der Waals surface area (Å²) in [6.07, 6.45) is 9.22. The lowest BCUT2D eigenvalue weighted by atomic mass is 9.91. The van der Waals surface area contributed by atoms with E-state index in [0.717, 1.165) is 17.9 Å². The molecule has 0 heterocycles. The molecule has 1 heteroatoms. The van der Waals surface area contributed by atoms with Gasteiger partial charge in [0.05, 0.1) is 5.83 Å². The van der Waals surface area contributed by atoms with Crippen LogP contribution in [0.1, 0.15) is 80.1 Å². The maximum Gasteiger partial charge on any atom is 0.0991 e. The highest BCUT2D eigenvalue weighted by atomic mass is 19.1. The van der Waals surface area contributed by atoms with E-state index < -0.39 is 0 Å². The van der Waals surface area contributed by atoms with E-state index in [4.69, 9.17) is 0 Å². The van der Waals surface area contributed by atoms with Crippen molar-refractivity contribution in [3.8, 4) is 0 Å². The Morgan fingerprint density at radius 1 is 1.00 bits per heavy atom. The summed E-state index contributed by atoms with van der Waals surface area (Å²) >= 11 is 0. The van der Waals surface area contributed by atoms with Crippen LogP contribution in [0.2, 0.25) is 0 Å². The van der Waals surface area contributed by atoms with Crippen molar-refractivity contribution >= 4 is 0 Å². The molecular weight excluding hydrogens is 235 g/mol. The third-order valence-electron chi connectivity index (χ3n) is 3.90. The molecule has 2 atom stereocenters. The van der Waals surface area contributed by atoms with E-state index in [2.05, 4.69) is 26.8 Å². The van der Waals surface area contributed by atoms with Gasteiger partial charge in [-0.15, -0.1) is 0 Å². The van der Waals surface area contributed by atoms with Crippen molar-refractivity contribution in [3.05, 3.63) is 23.0 Å². The van der Waals surface area contributed by atoms with Gasteiger partial charge in [-0.1, -0.05) is 39.3 Å². The van der Waals surface area contributed by atoms with Crippen LogP contribution in [0.3, 0.4) is 0 Å². The molecule has 2 rings (SSSR count). The minimum Gasteiger partial charge on any atom is -0.212 e. The molecule has 0 aromatic rings. The Morgan fingerprint density at radius 2 is 1.58 bits per heavy atom. The van der Waals surface area contributed by atoms with Crippen LogP contribution >= 0.6 is 0 Å². The molecule has 2 unspecified atom stereocenters. The molecule has 0 saturated heterocycles. The van der Waals surface area contributed by atoms with Crippen molar-refractivity contribution in [2.45, 2.75) is 80.1 Å². The maximum atomic E-state index is 12.7. The molecule has 0 radical (unpaired) electrons. The summed E-state index contributed by atoms with van der Waals surface area (Å²) in [6.45, 7) is 12.5. The van der Waals surface area contributed by atoms with Crippen LogP contribution in [-0.2, 0) is 0 Å². The molecule has 0 fully saturated rings. The van der Waals surface area contributed by atoms with Crippen LogP contribution in [0.25, 0.3) is 0 Å². The average molecular weight is 268 g/mol. The second kappa shape index (κ2) is 10.2. The summed E-state index contributed by atoms with van der Waals surface area (Å²) in [5, 5.41) is 0. The third kappa shape index (κ3) is 8.23. The van der Waals surface area contributed by atoms with Crippen molar-refractivity contribution in [1.29, 1.82) is 0 Å². The largest absolute Gasteiger partial charge is 0.212 e. The zero-order valence-electron chi connectivity index (χ0n) is 13.9. The van der Waals surface area contributed by atoms with Gasteiger partial charge in [-0.05, 0) is 63.4 Å². The van der Waals surface area contributed by atoms with Gasteiger partial charge in [0.25, 0.3) is 0 Å². The molecule has 0 nitrogen and oxygen atoms in total. The maximum absolute atomic E-state index is 12.7. The Labute approximate surface area is 120 Å². The van der Waals surface area contributed by atoms with Crippen LogP contribution in [0.4, 0.5) is 4.39 Å². The first-order chi connectivity index (χ1) is 8.99. The lowest BCUT2D eigenvalue weighted by Gasteiger charge is -2.17. The van der Waals surface area contributed by atoms with E-state index in [1.165, 1.54) is 25.7 Å². The smallest absolute Gasteiger partial charge is 0.0991 e. The first kappa shape index (κ1) is 18.4. The number of allylic oxidation sites excluding steroid dienone is 4. The van der Waals surface area contributed by atoms with Gasteiger partial charge in [0.2, 0.25) is 0 Å². The van der Waals surface area contributed by atoms with E-state index in [1.807, 2.05) is 20.8 Å². The molecule has 0 N–H and O–H groups in total. The van der Waals surface area contributed by atoms with Gasteiger partial charge >= 0.3 is 0 Å². The van der Waals surface area contributed by atoms with Gasteiger partial charge in [-0.3, -0.25) is 0 Å². The lowest BCUT2D eigenvalue weighted by molar-refractivity contribution is 0.422. The summed E-state index contributed by atoms with van der Waals surface area (Å²) < 4.78 is 12.7. The molecule has 112 valence electrons. The van der Waals surface area contributed by atoms with E-state index in [1.54, 1.807) is 5.57 Å². The van der Waals surface area contributed by atoms with Gasteiger partial charge in [-0.2, -0.15) is 0 Å². The summed E-state index contributed by atoms with van der Waals surface area (Å²) in [5.41, 5.74) is 2.55. The molecule has 0 amide bonds. The second-order valence-corrected chi connectivity index (χ2v) is 5.96. The number of hydrogen-bond donors (Lipinski definition) is 0. The monoisotopic (exact) mass is 268 g/mol. The minimum absolute atomic E-state index is 0.133. The standard InChI is InChI=1S/C8H13F.C8H14.C2H6/c1-6-3-4-7(2)8(9)5-6;1-7-3-5-8(2)6-4-7;1-2/h6H,3-5H2,1-2H3;3,8H,4-6H2,1-2H3;1-2H3. The quantitative estimate of drug-likeness (QED) is 0.422. The van der Waals surface area contributed by atoms with Crippen LogP contribution in [0.15, 0.2) is 23.0 Å². The zero-order valence-corrected chi connectivity index (χ0v) is 13.9. The van der Waals surface area contributed by atoms with Gasteiger partial charge in [-0.25, -0.2) is 4.39 Å².